The lowest BCUT2D eigenvalue weighted by Gasteiger charge is -2.18. The third-order valence-electron chi connectivity index (χ3n) is 4.70. The van der Waals surface area contributed by atoms with E-state index >= 15 is 0 Å². The van der Waals surface area contributed by atoms with E-state index in [0.717, 1.165) is 17.0 Å². The molecule has 5 rings (SSSR count). The topological polar surface area (TPSA) is 53.6 Å². The van der Waals surface area contributed by atoms with Crippen molar-refractivity contribution >= 4 is 16.9 Å². The van der Waals surface area contributed by atoms with E-state index in [9.17, 15) is 0 Å². The van der Waals surface area contributed by atoms with Gasteiger partial charge in [-0.3, -0.25) is 0 Å². The fourth-order valence-electron chi connectivity index (χ4n) is 3.51. The van der Waals surface area contributed by atoms with Crippen LogP contribution in [0.5, 0.6) is 0 Å². The summed E-state index contributed by atoms with van der Waals surface area (Å²) in [4.78, 5) is 12.4. The van der Waals surface area contributed by atoms with Crippen LogP contribution in [0, 0.1) is 6.92 Å². The quantitative estimate of drug-likeness (QED) is 0.546. The van der Waals surface area contributed by atoms with E-state index in [0.29, 0.717) is 0 Å². The number of H-pyrrole nitrogens is 1. The fraction of sp³-hybridized carbons (Fsp3) is 0.100. The molecule has 4 nitrogen and oxygen atoms in total. The molecule has 3 aromatic heterocycles. The molecule has 2 N–H and O–H groups in total. The van der Waals surface area contributed by atoms with Crippen LogP contribution < -0.4 is 5.32 Å². The van der Waals surface area contributed by atoms with E-state index in [1.807, 2.05) is 18.5 Å². The van der Waals surface area contributed by atoms with Gasteiger partial charge in [0.15, 0.2) is 0 Å². The van der Waals surface area contributed by atoms with Crippen molar-refractivity contribution in [3.05, 3.63) is 77.7 Å². The maximum atomic E-state index is 4.58. The highest BCUT2D eigenvalue weighted by Crippen LogP contribution is 2.42. The molecule has 1 aromatic carbocycles. The van der Waals surface area contributed by atoms with Crippen molar-refractivity contribution in [3.63, 3.8) is 0 Å². The molecule has 1 atom stereocenters. The van der Waals surface area contributed by atoms with E-state index < -0.39 is 0 Å². The van der Waals surface area contributed by atoms with Crippen molar-refractivity contribution in [2.45, 2.75) is 13.0 Å². The number of hydrogen-bond acceptors (Lipinski definition) is 3. The summed E-state index contributed by atoms with van der Waals surface area (Å²) in [6.07, 6.45) is 5.74. The van der Waals surface area contributed by atoms with Crippen LogP contribution in [0.25, 0.3) is 22.2 Å². The molecule has 0 spiro atoms. The number of anilines is 1. The number of aromatic nitrogens is 3. The van der Waals surface area contributed by atoms with Gasteiger partial charge in [0.25, 0.3) is 0 Å². The molecular formula is C20H16N4. The van der Waals surface area contributed by atoms with Crippen LogP contribution in [0.15, 0.2) is 61.1 Å². The van der Waals surface area contributed by atoms with Gasteiger partial charge >= 0.3 is 0 Å². The third kappa shape index (κ3) is 1.86. The van der Waals surface area contributed by atoms with Crippen molar-refractivity contribution in [2.75, 3.05) is 5.32 Å². The predicted molar refractivity (Wildman–Crippen MR) is 96.0 cm³/mol. The second-order valence-electron chi connectivity index (χ2n) is 6.21. The Labute approximate surface area is 139 Å². The highest BCUT2D eigenvalue weighted by Gasteiger charge is 2.26. The zero-order valence-corrected chi connectivity index (χ0v) is 13.2. The molecule has 0 saturated heterocycles. The summed E-state index contributed by atoms with van der Waals surface area (Å²) >= 11 is 0. The molecule has 0 bridgehead atoms. The Hall–Kier alpha value is -3.14. The van der Waals surface area contributed by atoms with Gasteiger partial charge in [0.1, 0.15) is 11.5 Å². The van der Waals surface area contributed by atoms with Crippen molar-refractivity contribution in [2.24, 2.45) is 0 Å². The number of fused-ring (bicyclic) bond motifs is 2. The van der Waals surface area contributed by atoms with Gasteiger partial charge in [-0.2, -0.15) is 0 Å². The molecule has 0 radical (unpaired) electrons. The van der Waals surface area contributed by atoms with Gasteiger partial charge in [-0.1, -0.05) is 29.8 Å². The molecule has 116 valence electrons. The van der Waals surface area contributed by atoms with E-state index in [1.165, 1.54) is 27.6 Å². The largest absolute Gasteiger partial charge is 0.359 e. The first-order valence-electron chi connectivity index (χ1n) is 8.06. The van der Waals surface area contributed by atoms with Crippen molar-refractivity contribution in [3.8, 4) is 11.1 Å². The zero-order valence-electron chi connectivity index (χ0n) is 13.2. The van der Waals surface area contributed by atoms with Crippen molar-refractivity contribution in [1.29, 1.82) is 0 Å². The molecule has 4 heteroatoms. The minimum Gasteiger partial charge on any atom is -0.359 e. The summed E-state index contributed by atoms with van der Waals surface area (Å²) in [6, 6.07) is 14.8. The number of hydrogen-bond donors (Lipinski definition) is 2. The molecule has 0 amide bonds. The summed E-state index contributed by atoms with van der Waals surface area (Å²) in [5, 5.41) is 4.80. The molecule has 1 aliphatic rings. The Kier molecular flexibility index (Phi) is 2.73. The van der Waals surface area contributed by atoms with Crippen LogP contribution in [0.1, 0.15) is 22.7 Å². The SMILES string of the molecule is Cc1ccc(C2Nc3ncccc3-c3ccnc4[nH]cc2c34)cc1. The average molecular weight is 312 g/mol. The van der Waals surface area contributed by atoms with Crippen LogP contribution in [0.2, 0.25) is 0 Å². The standard InChI is InChI=1S/C20H16N4/c1-12-4-6-13(7-5-12)18-16-11-23-20-17(16)14(8-10-22-20)15-3-2-9-21-19(15)24-18/h2-11,18H,1H3,(H,21,24)(H,22,23). The van der Waals surface area contributed by atoms with Gasteiger partial charge in [0.05, 0.1) is 6.04 Å². The van der Waals surface area contributed by atoms with Crippen LogP contribution in [-0.2, 0) is 0 Å². The normalized spacial score (nSPS) is 15.6. The number of aryl methyl sites for hydroxylation is 1. The lowest BCUT2D eigenvalue weighted by molar-refractivity contribution is 0.939. The van der Waals surface area contributed by atoms with Gasteiger partial charge in [0.2, 0.25) is 0 Å². The number of nitrogens with zero attached hydrogens (tertiary/aromatic N) is 2. The second-order valence-corrected chi connectivity index (χ2v) is 6.21. The lowest BCUT2D eigenvalue weighted by Crippen LogP contribution is -2.12. The summed E-state index contributed by atoms with van der Waals surface area (Å²) < 4.78 is 0. The van der Waals surface area contributed by atoms with Gasteiger partial charge < -0.3 is 10.3 Å². The Morgan fingerprint density at radius 3 is 2.67 bits per heavy atom. The minimum absolute atomic E-state index is 0.0402. The fourth-order valence-corrected chi connectivity index (χ4v) is 3.51. The number of benzene rings is 1. The van der Waals surface area contributed by atoms with Crippen molar-refractivity contribution in [1.82, 2.24) is 15.0 Å². The second kappa shape index (κ2) is 4.93. The van der Waals surface area contributed by atoms with Gasteiger partial charge in [-0.25, -0.2) is 9.97 Å². The molecule has 4 heterocycles. The Morgan fingerprint density at radius 2 is 1.79 bits per heavy atom. The molecule has 0 fully saturated rings. The number of pyridine rings is 2. The van der Waals surface area contributed by atoms with Crippen LogP contribution in [-0.4, -0.2) is 15.0 Å². The third-order valence-corrected chi connectivity index (χ3v) is 4.70. The molecule has 1 aliphatic heterocycles. The first-order chi connectivity index (χ1) is 11.8. The van der Waals surface area contributed by atoms with Gasteiger partial charge in [0, 0.05) is 35.1 Å². The first-order valence-corrected chi connectivity index (χ1v) is 8.06. The summed E-state index contributed by atoms with van der Waals surface area (Å²) in [5.74, 6) is 0.909. The smallest absolute Gasteiger partial charge is 0.138 e. The minimum atomic E-state index is 0.0402. The van der Waals surface area contributed by atoms with Gasteiger partial charge in [-0.15, -0.1) is 0 Å². The monoisotopic (exact) mass is 312 g/mol. The summed E-state index contributed by atoms with van der Waals surface area (Å²) in [6.45, 7) is 2.11. The summed E-state index contributed by atoms with van der Waals surface area (Å²) in [5.41, 5.74) is 6.87. The Balaban J connectivity index is 1.83. The Morgan fingerprint density at radius 1 is 0.917 bits per heavy atom. The highest BCUT2D eigenvalue weighted by atomic mass is 15.0. The van der Waals surface area contributed by atoms with Crippen LogP contribution in [0.4, 0.5) is 5.82 Å². The van der Waals surface area contributed by atoms with E-state index in [1.54, 1.807) is 0 Å². The van der Waals surface area contributed by atoms with Crippen LogP contribution in [0.3, 0.4) is 0 Å². The maximum Gasteiger partial charge on any atom is 0.138 e. The highest BCUT2D eigenvalue weighted by molar-refractivity contribution is 6.00. The molecular weight excluding hydrogens is 296 g/mol. The van der Waals surface area contributed by atoms with E-state index in [4.69, 9.17) is 0 Å². The summed E-state index contributed by atoms with van der Waals surface area (Å²) in [7, 11) is 0. The van der Waals surface area contributed by atoms with Gasteiger partial charge in [-0.05, 0) is 36.2 Å². The average Bonchev–Trinajstić information content (AvgIpc) is 2.98. The number of rotatable bonds is 1. The zero-order chi connectivity index (χ0) is 16.1. The molecule has 4 aromatic rings. The molecule has 24 heavy (non-hydrogen) atoms. The molecule has 0 saturated carbocycles. The predicted octanol–water partition coefficient (Wildman–Crippen LogP) is 4.45. The van der Waals surface area contributed by atoms with Crippen molar-refractivity contribution < 1.29 is 0 Å². The number of aromatic amines is 1. The maximum absolute atomic E-state index is 4.58. The van der Waals surface area contributed by atoms with E-state index in [-0.39, 0.29) is 6.04 Å². The molecule has 0 aliphatic carbocycles. The van der Waals surface area contributed by atoms with E-state index in [2.05, 4.69) is 69.8 Å². The van der Waals surface area contributed by atoms with Crippen LogP contribution >= 0.6 is 0 Å². The number of nitrogens with one attached hydrogen (secondary N) is 2. The molecule has 1 unspecified atom stereocenters. The first kappa shape index (κ1) is 13.3. The lowest BCUT2D eigenvalue weighted by atomic mass is 9.96. The Bertz CT molecular complexity index is 1050.